The minimum absolute atomic E-state index is 0.288. The molecule has 8 heteroatoms. The molecule has 1 aromatic heterocycles. The Bertz CT molecular complexity index is 814. The molecule has 0 atom stereocenters. The average Bonchev–Trinajstić information content (AvgIpc) is 2.79. The molecule has 0 bridgehead atoms. The van der Waals surface area contributed by atoms with Gasteiger partial charge in [0.2, 0.25) is 10.0 Å². The first-order valence-electron chi connectivity index (χ1n) is 8.28. The van der Waals surface area contributed by atoms with Crippen molar-refractivity contribution < 1.29 is 12.9 Å². The highest BCUT2D eigenvalue weighted by Gasteiger charge is 2.27. The van der Waals surface area contributed by atoms with E-state index in [0.29, 0.717) is 24.7 Å². The number of rotatable bonds is 4. The fraction of sp³-hybridized carbons (Fsp3) is 0.471. The van der Waals surface area contributed by atoms with Crippen LogP contribution >= 0.6 is 11.6 Å². The summed E-state index contributed by atoms with van der Waals surface area (Å²) < 4.78 is 32.4. The molecular weight excluding hydrogens is 362 g/mol. The van der Waals surface area contributed by atoms with Gasteiger partial charge in [0.15, 0.2) is 0 Å². The van der Waals surface area contributed by atoms with Gasteiger partial charge in [-0.2, -0.15) is 4.31 Å². The second-order valence-corrected chi connectivity index (χ2v) is 8.66. The summed E-state index contributed by atoms with van der Waals surface area (Å²) in [6, 6.07) is 6.33. The zero-order chi connectivity index (χ0) is 18.0. The summed E-state index contributed by atoms with van der Waals surface area (Å²) in [5.74, 6) is 0.826. The molecule has 1 aromatic carbocycles. The molecular formula is C17H22ClN3O3S. The lowest BCUT2D eigenvalue weighted by atomic mass is 10.2. The SMILES string of the molecule is Cc1noc(C)c1CN1CCCN(S(=O)(=O)c2ccc(Cl)cc2)CC1. The Morgan fingerprint density at radius 1 is 1.12 bits per heavy atom. The fourth-order valence-corrected chi connectivity index (χ4v) is 4.65. The second-order valence-electron chi connectivity index (χ2n) is 6.29. The third-order valence-corrected chi connectivity index (χ3v) is 6.73. The largest absolute Gasteiger partial charge is 0.361 e. The molecule has 25 heavy (non-hydrogen) atoms. The van der Waals surface area contributed by atoms with Crippen LogP contribution in [-0.4, -0.2) is 49.0 Å². The maximum absolute atomic E-state index is 12.8. The van der Waals surface area contributed by atoms with Gasteiger partial charge in [-0.3, -0.25) is 4.90 Å². The van der Waals surface area contributed by atoms with E-state index in [4.69, 9.17) is 16.1 Å². The van der Waals surface area contributed by atoms with Crippen molar-refractivity contribution in [3.05, 3.63) is 46.3 Å². The van der Waals surface area contributed by atoms with Crippen molar-refractivity contribution in [2.45, 2.75) is 31.7 Å². The van der Waals surface area contributed by atoms with Gasteiger partial charge >= 0.3 is 0 Å². The van der Waals surface area contributed by atoms with Crippen LogP contribution in [-0.2, 0) is 16.6 Å². The number of aryl methyl sites for hydroxylation is 2. The lowest BCUT2D eigenvalue weighted by Crippen LogP contribution is -2.35. The summed E-state index contributed by atoms with van der Waals surface area (Å²) in [4.78, 5) is 2.54. The lowest BCUT2D eigenvalue weighted by Gasteiger charge is -2.21. The summed E-state index contributed by atoms with van der Waals surface area (Å²) in [5.41, 5.74) is 1.99. The van der Waals surface area contributed by atoms with Crippen LogP contribution in [0.2, 0.25) is 5.02 Å². The van der Waals surface area contributed by atoms with Crippen LogP contribution in [0.25, 0.3) is 0 Å². The molecule has 3 rings (SSSR count). The van der Waals surface area contributed by atoms with Crippen LogP contribution in [0.4, 0.5) is 0 Å². The Balaban J connectivity index is 1.70. The number of nitrogens with zero attached hydrogens (tertiary/aromatic N) is 3. The van der Waals surface area contributed by atoms with Crippen molar-refractivity contribution in [2.24, 2.45) is 0 Å². The molecule has 0 amide bonds. The van der Waals surface area contributed by atoms with Crippen LogP contribution < -0.4 is 0 Å². The fourth-order valence-electron chi connectivity index (χ4n) is 3.05. The van der Waals surface area contributed by atoms with Gasteiger partial charge in [-0.05, 0) is 51.1 Å². The number of halogens is 1. The minimum Gasteiger partial charge on any atom is -0.361 e. The molecule has 136 valence electrons. The van der Waals surface area contributed by atoms with E-state index in [0.717, 1.165) is 36.5 Å². The van der Waals surface area contributed by atoms with Crippen LogP contribution in [0.3, 0.4) is 0 Å². The van der Waals surface area contributed by atoms with Crippen molar-refractivity contribution in [3.8, 4) is 0 Å². The molecule has 2 aromatic rings. The van der Waals surface area contributed by atoms with Crippen molar-refractivity contribution in [1.29, 1.82) is 0 Å². The summed E-state index contributed by atoms with van der Waals surface area (Å²) in [6.07, 6.45) is 0.788. The molecule has 6 nitrogen and oxygen atoms in total. The highest BCUT2D eigenvalue weighted by Crippen LogP contribution is 2.21. The summed E-state index contributed by atoms with van der Waals surface area (Å²) >= 11 is 5.86. The van der Waals surface area contributed by atoms with Crippen LogP contribution in [0.15, 0.2) is 33.7 Å². The number of hydrogen-bond donors (Lipinski definition) is 0. The average molecular weight is 384 g/mol. The van der Waals surface area contributed by atoms with Crippen LogP contribution in [0.1, 0.15) is 23.4 Å². The number of aromatic nitrogens is 1. The first-order valence-corrected chi connectivity index (χ1v) is 10.1. The molecule has 0 unspecified atom stereocenters. The van der Waals surface area contributed by atoms with E-state index in [2.05, 4.69) is 10.1 Å². The number of benzene rings is 1. The molecule has 0 aliphatic carbocycles. The summed E-state index contributed by atoms with van der Waals surface area (Å²) in [6.45, 7) is 7.08. The molecule has 0 saturated carbocycles. The van der Waals surface area contributed by atoms with Crippen molar-refractivity contribution in [3.63, 3.8) is 0 Å². The predicted molar refractivity (Wildman–Crippen MR) is 96.1 cm³/mol. The van der Waals surface area contributed by atoms with E-state index in [1.165, 1.54) is 0 Å². The standard InChI is InChI=1S/C17H22ClN3O3S/c1-13-17(14(2)24-19-13)12-20-8-3-9-21(11-10-20)25(22,23)16-6-4-15(18)5-7-16/h4-7H,3,8-12H2,1-2H3. The minimum atomic E-state index is -3.49. The molecule has 0 spiro atoms. The molecule has 0 radical (unpaired) electrons. The Labute approximate surface area is 153 Å². The van der Waals surface area contributed by atoms with Crippen LogP contribution in [0, 0.1) is 13.8 Å². The van der Waals surface area contributed by atoms with Gasteiger partial charge in [-0.25, -0.2) is 8.42 Å². The first kappa shape index (κ1) is 18.4. The van der Waals surface area contributed by atoms with Gasteiger partial charge in [0.05, 0.1) is 10.6 Å². The van der Waals surface area contributed by atoms with Gasteiger partial charge in [0, 0.05) is 36.8 Å². The van der Waals surface area contributed by atoms with Crippen molar-refractivity contribution in [1.82, 2.24) is 14.4 Å². The Morgan fingerprint density at radius 3 is 2.48 bits per heavy atom. The maximum Gasteiger partial charge on any atom is 0.243 e. The van der Waals surface area contributed by atoms with Crippen molar-refractivity contribution in [2.75, 3.05) is 26.2 Å². The second kappa shape index (κ2) is 7.45. The monoisotopic (exact) mass is 383 g/mol. The van der Waals surface area contributed by atoms with E-state index in [-0.39, 0.29) is 4.90 Å². The van der Waals surface area contributed by atoms with E-state index < -0.39 is 10.0 Å². The van der Waals surface area contributed by atoms with E-state index in [1.54, 1.807) is 28.6 Å². The number of sulfonamides is 1. The van der Waals surface area contributed by atoms with Gasteiger partial charge in [0.25, 0.3) is 0 Å². The summed E-state index contributed by atoms with van der Waals surface area (Å²) in [5, 5.41) is 4.52. The molecule has 1 fully saturated rings. The Kier molecular flexibility index (Phi) is 5.48. The topological polar surface area (TPSA) is 66.7 Å². The third-order valence-electron chi connectivity index (χ3n) is 4.56. The molecule has 0 N–H and O–H groups in total. The Morgan fingerprint density at radius 2 is 1.84 bits per heavy atom. The quantitative estimate of drug-likeness (QED) is 0.812. The maximum atomic E-state index is 12.8. The highest BCUT2D eigenvalue weighted by molar-refractivity contribution is 7.89. The van der Waals surface area contributed by atoms with Gasteiger partial charge < -0.3 is 4.52 Å². The predicted octanol–water partition coefficient (Wildman–Crippen LogP) is 2.84. The number of hydrogen-bond acceptors (Lipinski definition) is 5. The first-order chi connectivity index (χ1) is 11.9. The normalized spacial score (nSPS) is 17.6. The zero-order valence-corrected chi connectivity index (χ0v) is 16.0. The lowest BCUT2D eigenvalue weighted by molar-refractivity contribution is 0.276. The zero-order valence-electron chi connectivity index (χ0n) is 14.4. The van der Waals surface area contributed by atoms with Gasteiger partial charge in [0.1, 0.15) is 5.76 Å². The van der Waals surface area contributed by atoms with Gasteiger partial charge in [-0.15, -0.1) is 0 Å². The molecule has 2 heterocycles. The molecule has 1 saturated heterocycles. The third kappa shape index (κ3) is 4.06. The van der Waals surface area contributed by atoms with E-state index >= 15 is 0 Å². The van der Waals surface area contributed by atoms with E-state index in [9.17, 15) is 8.42 Å². The summed E-state index contributed by atoms with van der Waals surface area (Å²) in [7, 11) is -3.49. The smallest absolute Gasteiger partial charge is 0.243 e. The van der Waals surface area contributed by atoms with Gasteiger partial charge in [-0.1, -0.05) is 16.8 Å². The molecule has 1 aliphatic heterocycles. The highest BCUT2D eigenvalue weighted by atomic mass is 35.5. The van der Waals surface area contributed by atoms with Crippen LogP contribution in [0.5, 0.6) is 0 Å². The Hall–Kier alpha value is -1.41. The van der Waals surface area contributed by atoms with Crippen molar-refractivity contribution >= 4 is 21.6 Å². The molecule has 1 aliphatic rings. The van der Waals surface area contributed by atoms with E-state index in [1.807, 2.05) is 13.8 Å².